The first kappa shape index (κ1) is 6.75. The summed E-state index contributed by atoms with van der Waals surface area (Å²) in [6.07, 6.45) is 5.54. The molecule has 0 fully saturated rings. The minimum atomic E-state index is 0.726. The van der Waals surface area contributed by atoms with Gasteiger partial charge < -0.3 is 0 Å². The molecule has 5 heteroatoms. The van der Waals surface area contributed by atoms with Crippen LogP contribution in [0.2, 0.25) is 0 Å². The van der Waals surface area contributed by atoms with Gasteiger partial charge in [0.2, 0.25) is 0 Å². The second kappa shape index (κ2) is 2.28. The third-order valence-electron chi connectivity index (χ3n) is 1.45. The van der Waals surface area contributed by atoms with Crippen molar-refractivity contribution in [3.8, 4) is 0 Å². The van der Waals surface area contributed by atoms with E-state index in [4.69, 9.17) is 0 Å². The van der Waals surface area contributed by atoms with E-state index in [-0.39, 0.29) is 0 Å². The van der Waals surface area contributed by atoms with Crippen LogP contribution in [0.3, 0.4) is 0 Å². The predicted molar refractivity (Wildman–Crippen MR) is 46.4 cm³/mol. The molecule has 2 rings (SSSR count). The van der Waals surface area contributed by atoms with E-state index in [1.807, 2.05) is 29.3 Å². The van der Waals surface area contributed by atoms with Crippen LogP contribution in [0.15, 0.2) is 28.0 Å². The number of nitrogens with zero attached hydrogens (tertiary/aromatic N) is 3. The Balaban J connectivity index is 2.31. The van der Waals surface area contributed by atoms with Crippen LogP contribution in [0, 0.1) is 0 Å². The molecule has 4 nitrogen and oxygen atoms in total. The number of hydrogen-bond donors (Lipinski definition) is 2. The molecule has 0 spiro atoms. The monoisotopic (exact) mass is 168 g/mol. The van der Waals surface area contributed by atoms with Crippen molar-refractivity contribution in [3.05, 3.63) is 23.0 Å². The number of aliphatic imine (C=N–C) groups is 1. The first-order valence-corrected chi connectivity index (χ1v) is 3.65. The van der Waals surface area contributed by atoms with Gasteiger partial charge in [0.15, 0.2) is 0 Å². The van der Waals surface area contributed by atoms with E-state index in [9.17, 15) is 0 Å². The van der Waals surface area contributed by atoms with Gasteiger partial charge >= 0.3 is 0 Å². The fourth-order valence-electron chi connectivity index (χ4n) is 1.00. The first-order valence-electron chi connectivity index (χ1n) is 3.21. The topological polar surface area (TPSA) is 30.9 Å². The third kappa shape index (κ3) is 1.12. The maximum atomic E-state index is 4.12. The fourth-order valence-corrected chi connectivity index (χ4v) is 1.19. The molecule has 2 heterocycles. The maximum absolute atomic E-state index is 4.12. The lowest BCUT2D eigenvalue weighted by Gasteiger charge is -2.18. The molecule has 0 saturated heterocycles. The minimum Gasteiger partial charge on any atom is -0.299 e. The van der Waals surface area contributed by atoms with Gasteiger partial charge in [0.25, 0.3) is 0 Å². The molecule has 0 atom stereocenters. The number of rotatable bonds is 0. The lowest BCUT2D eigenvalue weighted by molar-refractivity contribution is 0.232. The second-order valence-corrected chi connectivity index (χ2v) is 2.84. The summed E-state index contributed by atoms with van der Waals surface area (Å²) in [5.74, 6) is 0. The van der Waals surface area contributed by atoms with E-state index in [0.29, 0.717) is 0 Å². The molecule has 0 aromatic heterocycles. The van der Waals surface area contributed by atoms with E-state index in [1.165, 1.54) is 0 Å². The number of allylic oxidation sites excluding steroid dienone is 1. The Morgan fingerprint density at radius 3 is 3.27 bits per heavy atom. The third-order valence-corrected chi connectivity index (χ3v) is 1.70. The normalized spacial score (nSPS) is 21.6. The van der Waals surface area contributed by atoms with Gasteiger partial charge in [0.1, 0.15) is 6.34 Å². The highest BCUT2D eigenvalue weighted by molar-refractivity contribution is 7.84. The molecular formula is C6H8N4S. The van der Waals surface area contributed by atoms with Gasteiger partial charge in [-0.25, -0.2) is 10.0 Å². The second-order valence-electron chi connectivity index (χ2n) is 2.38. The van der Waals surface area contributed by atoms with E-state index < -0.39 is 0 Å². The number of hydrogen-bond acceptors (Lipinski definition) is 5. The van der Waals surface area contributed by atoms with Crippen LogP contribution in [0.4, 0.5) is 0 Å². The molecule has 0 radical (unpaired) electrons. The molecule has 0 saturated carbocycles. The molecule has 0 bridgehead atoms. The van der Waals surface area contributed by atoms with Gasteiger partial charge in [0, 0.05) is 13.2 Å². The Kier molecular flexibility index (Phi) is 1.40. The Labute approximate surface area is 70.2 Å². The SMILES string of the molecule is CN1C=C2C=C(S)N=CN2N1. The van der Waals surface area contributed by atoms with E-state index in [2.05, 4.69) is 23.2 Å². The van der Waals surface area contributed by atoms with Crippen LogP contribution in [0.1, 0.15) is 0 Å². The Morgan fingerprint density at radius 2 is 2.45 bits per heavy atom. The minimum absolute atomic E-state index is 0.726. The van der Waals surface area contributed by atoms with Crippen molar-refractivity contribution >= 4 is 19.0 Å². The molecule has 58 valence electrons. The summed E-state index contributed by atoms with van der Waals surface area (Å²) in [6, 6.07) is 0. The van der Waals surface area contributed by atoms with Crippen LogP contribution in [0.25, 0.3) is 0 Å². The first-order chi connectivity index (χ1) is 5.25. The zero-order valence-corrected chi connectivity index (χ0v) is 6.92. The molecule has 0 aliphatic carbocycles. The average Bonchev–Trinajstić information content (AvgIpc) is 2.27. The molecule has 0 aromatic rings. The number of nitrogens with one attached hydrogen (secondary N) is 1. The smallest absolute Gasteiger partial charge is 0.113 e. The lowest BCUT2D eigenvalue weighted by atomic mass is 10.4. The summed E-state index contributed by atoms with van der Waals surface area (Å²) in [7, 11) is 1.92. The molecule has 11 heavy (non-hydrogen) atoms. The van der Waals surface area contributed by atoms with Crippen molar-refractivity contribution < 1.29 is 0 Å². The zero-order chi connectivity index (χ0) is 7.84. The van der Waals surface area contributed by atoms with Crippen molar-refractivity contribution in [2.24, 2.45) is 4.99 Å². The molecular weight excluding hydrogens is 160 g/mol. The highest BCUT2D eigenvalue weighted by atomic mass is 32.1. The van der Waals surface area contributed by atoms with Gasteiger partial charge in [0.05, 0.1) is 10.7 Å². The quantitative estimate of drug-likeness (QED) is 0.510. The van der Waals surface area contributed by atoms with Crippen molar-refractivity contribution in [2.75, 3.05) is 7.05 Å². The molecule has 0 amide bonds. The van der Waals surface area contributed by atoms with Crippen molar-refractivity contribution in [1.29, 1.82) is 0 Å². The highest BCUT2D eigenvalue weighted by Gasteiger charge is 2.17. The Bertz CT molecular complexity index is 268. The van der Waals surface area contributed by atoms with Crippen LogP contribution >= 0.6 is 12.6 Å². The Morgan fingerprint density at radius 1 is 1.64 bits per heavy atom. The van der Waals surface area contributed by atoms with E-state index in [0.717, 1.165) is 10.7 Å². The predicted octanol–water partition coefficient (Wildman–Crippen LogP) is 0.308. The maximum Gasteiger partial charge on any atom is 0.113 e. The summed E-state index contributed by atoms with van der Waals surface area (Å²) < 4.78 is 0. The van der Waals surface area contributed by atoms with Crippen LogP contribution in [-0.4, -0.2) is 23.4 Å². The van der Waals surface area contributed by atoms with Crippen molar-refractivity contribution in [1.82, 2.24) is 15.6 Å². The molecule has 1 N–H and O–H groups in total. The molecule has 0 unspecified atom stereocenters. The van der Waals surface area contributed by atoms with Gasteiger partial charge in [-0.2, -0.15) is 0 Å². The standard InChI is InChI=1S/C6H8N4S/c1-9-3-5-2-6(11)7-4-10(5)8-9/h2-4,8,11H,1H3. The zero-order valence-electron chi connectivity index (χ0n) is 6.02. The van der Waals surface area contributed by atoms with E-state index >= 15 is 0 Å². The highest BCUT2D eigenvalue weighted by Crippen LogP contribution is 2.18. The summed E-state index contributed by atoms with van der Waals surface area (Å²) in [6.45, 7) is 0. The van der Waals surface area contributed by atoms with Crippen molar-refractivity contribution in [3.63, 3.8) is 0 Å². The summed E-state index contributed by atoms with van der Waals surface area (Å²) in [5, 5.41) is 4.40. The van der Waals surface area contributed by atoms with Crippen molar-refractivity contribution in [2.45, 2.75) is 0 Å². The number of fused-ring (bicyclic) bond motifs is 1. The summed E-state index contributed by atoms with van der Waals surface area (Å²) in [4.78, 5) is 4.00. The fraction of sp³-hybridized carbons (Fsp3) is 0.167. The molecule has 0 aromatic carbocycles. The van der Waals surface area contributed by atoms with Crippen LogP contribution in [-0.2, 0) is 0 Å². The van der Waals surface area contributed by atoms with Gasteiger partial charge in [-0.15, -0.1) is 18.2 Å². The van der Waals surface area contributed by atoms with Gasteiger partial charge in [-0.05, 0) is 6.08 Å². The largest absolute Gasteiger partial charge is 0.299 e. The lowest BCUT2D eigenvalue weighted by Crippen LogP contribution is -2.37. The summed E-state index contributed by atoms with van der Waals surface area (Å²) in [5.41, 5.74) is 4.07. The average molecular weight is 168 g/mol. The molecule has 2 aliphatic heterocycles. The van der Waals surface area contributed by atoms with Gasteiger partial charge in [-0.1, -0.05) is 0 Å². The van der Waals surface area contributed by atoms with Crippen LogP contribution < -0.4 is 5.53 Å². The molecule has 2 aliphatic rings. The van der Waals surface area contributed by atoms with E-state index in [1.54, 1.807) is 6.34 Å². The van der Waals surface area contributed by atoms with Gasteiger partial charge in [-0.3, -0.25) is 5.01 Å². The number of thiol groups is 1. The van der Waals surface area contributed by atoms with Crippen LogP contribution in [0.5, 0.6) is 0 Å². The summed E-state index contributed by atoms with van der Waals surface area (Å²) >= 11 is 4.12. The number of hydrazine groups is 2. The Hall–Kier alpha value is -0.940.